The summed E-state index contributed by atoms with van der Waals surface area (Å²) in [5.41, 5.74) is 7.47. The summed E-state index contributed by atoms with van der Waals surface area (Å²) in [7, 11) is 1.71. The van der Waals surface area contributed by atoms with Crippen molar-refractivity contribution in [3.05, 3.63) is 46.1 Å². The van der Waals surface area contributed by atoms with Crippen LogP contribution in [0.2, 0.25) is 0 Å². The Hall–Kier alpha value is -1.82. The molecule has 0 saturated heterocycles. The first-order valence-electron chi connectivity index (χ1n) is 6.80. The van der Waals surface area contributed by atoms with Crippen molar-refractivity contribution in [2.24, 2.45) is 7.05 Å². The molecule has 0 aliphatic carbocycles. The number of carbonyl (C=O) groups is 1. The molecule has 0 saturated carbocycles. The first-order chi connectivity index (χ1) is 9.97. The van der Waals surface area contributed by atoms with Crippen molar-refractivity contribution in [2.75, 3.05) is 5.73 Å². The number of halogens is 1. The Morgan fingerprint density at radius 1 is 1.43 bits per heavy atom. The number of nitrogens with one attached hydrogen (secondary N) is 1. The van der Waals surface area contributed by atoms with Crippen LogP contribution < -0.4 is 11.1 Å². The molecule has 1 atom stereocenters. The van der Waals surface area contributed by atoms with E-state index < -0.39 is 0 Å². The molecule has 0 unspecified atom stereocenters. The number of rotatable bonds is 5. The van der Waals surface area contributed by atoms with E-state index in [2.05, 4.69) is 38.5 Å². The zero-order chi connectivity index (χ0) is 15.4. The van der Waals surface area contributed by atoms with Gasteiger partial charge in [0.2, 0.25) is 0 Å². The molecule has 2 aromatic rings. The molecule has 0 aliphatic heterocycles. The van der Waals surface area contributed by atoms with Gasteiger partial charge >= 0.3 is 0 Å². The second-order valence-corrected chi connectivity index (χ2v) is 6.02. The number of amides is 1. The fourth-order valence-corrected chi connectivity index (χ4v) is 2.29. The molecule has 1 aromatic carbocycles. The molecule has 1 amide bonds. The number of nitrogens with two attached hydrogens (primary N) is 1. The number of benzene rings is 1. The smallest absolute Gasteiger partial charge is 0.256 e. The first kappa shape index (κ1) is 15.6. The molecule has 2 rings (SSSR count). The molecule has 1 heterocycles. The Labute approximate surface area is 132 Å². The van der Waals surface area contributed by atoms with Gasteiger partial charge in [0.15, 0.2) is 0 Å². The van der Waals surface area contributed by atoms with Gasteiger partial charge in [-0.05, 0) is 37.5 Å². The minimum absolute atomic E-state index is 0.0701. The molecule has 0 aliphatic rings. The van der Waals surface area contributed by atoms with Gasteiger partial charge in [0.25, 0.3) is 5.91 Å². The van der Waals surface area contributed by atoms with Crippen LogP contribution in [0, 0.1) is 0 Å². The number of hydrogen-bond acceptors (Lipinski definition) is 3. The standard InChI is InChI=1S/C15H19BrN4O/c1-10(3-4-11-5-7-12(16)8-6-11)19-15(21)13-9-18-20(2)14(13)17/h5-10H,3-4,17H2,1-2H3,(H,19,21)/t10-/m1/s1. The number of aryl methyl sites for hydroxylation is 2. The minimum atomic E-state index is -0.177. The Kier molecular flexibility index (Phi) is 5.01. The lowest BCUT2D eigenvalue weighted by atomic mass is 10.1. The zero-order valence-electron chi connectivity index (χ0n) is 12.1. The Morgan fingerprint density at radius 3 is 2.67 bits per heavy atom. The third-order valence-corrected chi connectivity index (χ3v) is 3.91. The fourth-order valence-electron chi connectivity index (χ4n) is 2.03. The largest absolute Gasteiger partial charge is 0.383 e. The quantitative estimate of drug-likeness (QED) is 0.869. The second-order valence-electron chi connectivity index (χ2n) is 5.11. The van der Waals surface area contributed by atoms with Crippen molar-refractivity contribution in [2.45, 2.75) is 25.8 Å². The molecule has 6 heteroatoms. The van der Waals surface area contributed by atoms with Gasteiger partial charge in [0, 0.05) is 17.6 Å². The third-order valence-electron chi connectivity index (χ3n) is 3.39. The Balaban J connectivity index is 1.87. The predicted octanol–water partition coefficient (Wildman–Crippen LogP) is 2.52. The topological polar surface area (TPSA) is 72.9 Å². The summed E-state index contributed by atoms with van der Waals surface area (Å²) in [5, 5.41) is 6.92. The number of nitrogen functional groups attached to an aromatic ring is 1. The van der Waals surface area contributed by atoms with Crippen LogP contribution in [0.25, 0.3) is 0 Å². The van der Waals surface area contributed by atoms with Crippen LogP contribution in [0.3, 0.4) is 0 Å². The average molecular weight is 351 g/mol. The van der Waals surface area contributed by atoms with Crippen LogP contribution >= 0.6 is 15.9 Å². The summed E-state index contributed by atoms with van der Waals surface area (Å²) >= 11 is 3.42. The maximum atomic E-state index is 12.1. The van der Waals surface area contributed by atoms with E-state index in [0.29, 0.717) is 11.4 Å². The first-order valence-corrected chi connectivity index (χ1v) is 7.59. The van der Waals surface area contributed by atoms with Crippen LogP contribution in [0.15, 0.2) is 34.9 Å². The predicted molar refractivity (Wildman–Crippen MR) is 87.0 cm³/mol. The average Bonchev–Trinajstić information content (AvgIpc) is 2.78. The van der Waals surface area contributed by atoms with E-state index in [1.54, 1.807) is 7.05 Å². The SMILES string of the molecule is C[C@H](CCc1ccc(Br)cc1)NC(=O)c1cnn(C)c1N. The number of nitrogens with zero attached hydrogens (tertiary/aromatic N) is 2. The lowest BCUT2D eigenvalue weighted by molar-refractivity contribution is 0.0939. The summed E-state index contributed by atoms with van der Waals surface area (Å²) in [6.07, 6.45) is 3.27. The fraction of sp³-hybridized carbons (Fsp3) is 0.333. The number of hydrogen-bond donors (Lipinski definition) is 2. The van der Waals surface area contributed by atoms with Crippen molar-refractivity contribution >= 4 is 27.7 Å². The van der Waals surface area contributed by atoms with E-state index in [1.165, 1.54) is 16.4 Å². The van der Waals surface area contributed by atoms with Crippen molar-refractivity contribution in [1.82, 2.24) is 15.1 Å². The van der Waals surface area contributed by atoms with Gasteiger partial charge in [-0.15, -0.1) is 0 Å². The third kappa shape index (κ3) is 4.07. The van der Waals surface area contributed by atoms with Gasteiger partial charge in [-0.1, -0.05) is 28.1 Å². The highest BCUT2D eigenvalue weighted by atomic mass is 79.9. The molecule has 0 spiro atoms. The van der Waals surface area contributed by atoms with E-state index in [0.717, 1.165) is 17.3 Å². The molecule has 0 radical (unpaired) electrons. The Morgan fingerprint density at radius 2 is 2.10 bits per heavy atom. The van der Waals surface area contributed by atoms with E-state index in [1.807, 2.05) is 19.1 Å². The van der Waals surface area contributed by atoms with Crippen LogP contribution in [0.1, 0.15) is 29.3 Å². The molecule has 0 fully saturated rings. The Bertz CT molecular complexity index is 621. The lowest BCUT2D eigenvalue weighted by Crippen LogP contribution is -2.33. The molecule has 21 heavy (non-hydrogen) atoms. The molecule has 112 valence electrons. The van der Waals surface area contributed by atoms with Crippen molar-refractivity contribution < 1.29 is 4.79 Å². The number of carbonyl (C=O) groups excluding carboxylic acids is 1. The summed E-state index contributed by atoms with van der Waals surface area (Å²) in [5.74, 6) is 0.205. The highest BCUT2D eigenvalue weighted by Crippen LogP contribution is 2.13. The molecular weight excluding hydrogens is 332 g/mol. The van der Waals surface area contributed by atoms with E-state index in [4.69, 9.17) is 5.73 Å². The molecule has 1 aromatic heterocycles. The van der Waals surface area contributed by atoms with Gasteiger partial charge < -0.3 is 11.1 Å². The van der Waals surface area contributed by atoms with Gasteiger partial charge in [0.05, 0.1) is 6.20 Å². The highest BCUT2D eigenvalue weighted by molar-refractivity contribution is 9.10. The van der Waals surface area contributed by atoms with Crippen molar-refractivity contribution in [3.63, 3.8) is 0 Å². The number of aromatic nitrogens is 2. The monoisotopic (exact) mass is 350 g/mol. The van der Waals surface area contributed by atoms with Crippen LogP contribution in [0.4, 0.5) is 5.82 Å². The summed E-state index contributed by atoms with van der Waals surface area (Å²) in [6.45, 7) is 1.99. The zero-order valence-corrected chi connectivity index (χ0v) is 13.7. The van der Waals surface area contributed by atoms with Gasteiger partial charge in [0.1, 0.15) is 11.4 Å². The van der Waals surface area contributed by atoms with E-state index in [9.17, 15) is 4.79 Å². The minimum Gasteiger partial charge on any atom is -0.383 e. The van der Waals surface area contributed by atoms with Crippen LogP contribution in [0.5, 0.6) is 0 Å². The summed E-state index contributed by atoms with van der Waals surface area (Å²) in [4.78, 5) is 12.1. The van der Waals surface area contributed by atoms with Crippen molar-refractivity contribution in [1.29, 1.82) is 0 Å². The lowest BCUT2D eigenvalue weighted by Gasteiger charge is -2.13. The summed E-state index contributed by atoms with van der Waals surface area (Å²) < 4.78 is 2.56. The maximum absolute atomic E-state index is 12.1. The second kappa shape index (κ2) is 6.76. The van der Waals surface area contributed by atoms with Crippen molar-refractivity contribution in [3.8, 4) is 0 Å². The van der Waals surface area contributed by atoms with Crippen LogP contribution in [-0.2, 0) is 13.5 Å². The van der Waals surface area contributed by atoms with Crippen LogP contribution in [-0.4, -0.2) is 21.7 Å². The van der Waals surface area contributed by atoms with E-state index >= 15 is 0 Å². The number of anilines is 1. The highest BCUT2D eigenvalue weighted by Gasteiger charge is 2.15. The molecule has 5 nitrogen and oxygen atoms in total. The van der Waals surface area contributed by atoms with Gasteiger partial charge in [-0.25, -0.2) is 0 Å². The van der Waals surface area contributed by atoms with Gasteiger partial charge in [-0.3, -0.25) is 9.48 Å². The molecular formula is C15H19BrN4O. The van der Waals surface area contributed by atoms with E-state index in [-0.39, 0.29) is 11.9 Å². The summed E-state index contributed by atoms with van der Waals surface area (Å²) in [6, 6.07) is 8.28. The molecule has 3 N–H and O–H groups in total. The maximum Gasteiger partial charge on any atom is 0.256 e. The normalized spacial score (nSPS) is 12.1. The molecule has 0 bridgehead atoms. The van der Waals surface area contributed by atoms with Gasteiger partial charge in [-0.2, -0.15) is 5.10 Å².